The molecule has 3 heterocycles. The van der Waals surface area contributed by atoms with E-state index in [2.05, 4.69) is 20.8 Å². The monoisotopic (exact) mass is 517 g/mol. The molecule has 4 rings (SSSR count). The summed E-state index contributed by atoms with van der Waals surface area (Å²) in [5.74, 6) is -0.488. The van der Waals surface area contributed by atoms with E-state index < -0.39 is 23.8 Å². The fourth-order valence-electron chi connectivity index (χ4n) is 4.81. The zero-order valence-electron chi connectivity index (χ0n) is 21.0. The topological polar surface area (TPSA) is 123 Å². The van der Waals surface area contributed by atoms with Gasteiger partial charge in [-0.1, -0.05) is 18.5 Å². The molecule has 2 unspecified atom stereocenters. The lowest BCUT2D eigenvalue weighted by Gasteiger charge is -2.33. The SMILES string of the molecule is CC1CCN(C(=O)OC(C)(C)C)C1C(=O)N1CCC[C@H]1C(=O)NCc1cc(Cl)ccc1-n1cnnn1. The highest BCUT2D eigenvalue weighted by Crippen LogP contribution is 2.30. The number of ether oxygens (including phenoxy) is 1. The molecule has 2 aliphatic rings. The molecular formula is C24H32ClN7O4. The van der Waals surface area contributed by atoms with Crippen molar-refractivity contribution in [3.8, 4) is 5.69 Å². The minimum absolute atomic E-state index is 0.0281. The van der Waals surface area contributed by atoms with Crippen LogP contribution in [0.4, 0.5) is 4.79 Å². The maximum Gasteiger partial charge on any atom is 0.410 e. The van der Waals surface area contributed by atoms with Crippen molar-refractivity contribution in [3.63, 3.8) is 0 Å². The third-order valence-corrected chi connectivity index (χ3v) is 6.75. The molecule has 194 valence electrons. The van der Waals surface area contributed by atoms with Gasteiger partial charge in [0.25, 0.3) is 0 Å². The molecule has 0 bridgehead atoms. The normalized spacial score (nSPS) is 22.1. The number of benzene rings is 1. The molecule has 3 amide bonds. The number of nitrogens with one attached hydrogen (secondary N) is 1. The van der Waals surface area contributed by atoms with Crippen LogP contribution in [0.2, 0.25) is 5.02 Å². The number of likely N-dealkylation sites (tertiary alicyclic amines) is 2. The van der Waals surface area contributed by atoms with E-state index in [1.54, 1.807) is 43.9 Å². The van der Waals surface area contributed by atoms with E-state index in [9.17, 15) is 14.4 Å². The molecule has 1 aromatic heterocycles. The second-order valence-corrected chi connectivity index (χ2v) is 10.8. The van der Waals surface area contributed by atoms with E-state index in [0.29, 0.717) is 43.1 Å². The van der Waals surface area contributed by atoms with Crippen molar-refractivity contribution in [2.75, 3.05) is 13.1 Å². The molecule has 1 aromatic carbocycles. The summed E-state index contributed by atoms with van der Waals surface area (Å²) in [5, 5.41) is 14.7. The first kappa shape index (κ1) is 25.9. The van der Waals surface area contributed by atoms with E-state index in [0.717, 1.165) is 5.56 Å². The van der Waals surface area contributed by atoms with Crippen LogP contribution in [0, 0.1) is 5.92 Å². The highest BCUT2D eigenvalue weighted by Gasteiger charge is 2.46. The predicted molar refractivity (Wildman–Crippen MR) is 131 cm³/mol. The molecule has 2 saturated heterocycles. The Morgan fingerprint density at radius 3 is 2.64 bits per heavy atom. The van der Waals surface area contributed by atoms with Crippen molar-refractivity contribution in [2.45, 2.75) is 71.2 Å². The summed E-state index contributed by atoms with van der Waals surface area (Å²) >= 11 is 6.18. The van der Waals surface area contributed by atoms with Gasteiger partial charge in [-0.3, -0.25) is 14.5 Å². The largest absolute Gasteiger partial charge is 0.444 e. The Morgan fingerprint density at radius 2 is 1.94 bits per heavy atom. The van der Waals surface area contributed by atoms with Crippen LogP contribution < -0.4 is 5.32 Å². The molecule has 2 aliphatic heterocycles. The number of hydrogen-bond acceptors (Lipinski definition) is 7. The summed E-state index contributed by atoms with van der Waals surface area (Å²) in [5.41, 5.74) is 0.769. The Balaban J connectivity index is 1.46. The molecule has 0 spiro atoms. The molecule has 12 heteroatoms. The molecule has 2 fully saturated rings. The maximum absolute atomic E-state index is 13.6. The van der Waals surface area contributed by atoms with Gasteiger partial charge in [-0.15, -0.1) is 5.10 Å². The first-order valence-corrected chi connectivity index (χ1v) is 12.5. The van der Waals surface area contributed by atoms with E-state index in [1.807, 2.05) is 6.92 Å². The van der Waals surface area contributed by atoms with E-state index in [4.69, 9.17) is 16.3 Å². The van der Waals surface area contributed by atoms with Crippen LogP contribution >= 0.6 is 11.6 Å². The molecule has 3 atom stereocenters. The Morgan fingerprint density at radius 1 is 1.17 bits per heavy atom. The van der Waals surface area contributed by atoms with Crippen molar-refractivity contribution < 1.29 is 19.1 Å². The van der Waals surface area contributed by atoms with Gasteiger partial charge < -0.3 is 15.0 Å². The average Bonchev–Trinajstić information content (AvgIpc) is 3.56. The number of tetrazole rings is 1. The van der Waals surface area contributed by atoms with Crippen LogP contribution in [0.15, 0.2) is 24.5 Å². The van der Waals surface area contributed by atoms with Crippen molar-refractivity contribution in [2.24, 2.45) is 5.92 Å². The molecule has 0 saturated carbocycles. The lowest BCUT2D eigenvalue weighted by molar-refractivity contribution is -0.142. The first-order chi connectivity index (χ1) is 17.0. The van der Waals surface area contributed by atoms with Gasteiger partial charge in [0, 0.05) is 24.7 Å². The van der Waals surface area contributed by atoms with Gasteiger partial charge in [-0.2, -0.15) is 0 Å². The summed E-state index contributed by atoms with van der Waals surface area (Å²) in [6.07, 6.45) is 2.94. The minimum Gasteiger partial charge on any atom is -0.444 e. The van der Waals surface area contributed by atoms with E-state index in [1.165, 1.54) is 15.9 Å². The van der Waals surface area contributed by atoms with Crippen molar-refractivity contribution in [3.05, 3.63) is 35.1 Å². The highest BCUT2D eigenvalue weighted by atomic mass is 35.5. The Labute approximate surface area is 215 Å². The van der Waals surface area contributed by atoms with Crippen LogP contribution in [-0.2, 0) is 20.9 Å². The van der Waals surface area contributed by atoms with Crippen molar-refractivity contribution in [1.29, 1.82) is 0 Å². The predicted octanol–water partition coefficient (Wildman–Crippen LogP) is 2.57. The third-order valence-electron chi connectivity index (χ3n) is 6.51. The fraction of sp³-hybridized carbons (Fsp3) is 0.583. The minimum atomic E-state index is -0.659. The zero-order chi connectivity index (χ0) is 26.0. The molecule has 11 nitrogen and oxygen atoms in total. The van der Waals surface area contributed by atoms with Gasteiger partial charge in [0.2, 0.25) is 11.8 Å². The number of halogens is 1. The first-order valence-electron chi connectivity index (χ1n) is 12.1. The summed E-state index contributed by atoms with van der Waals surface area (Å²) in [6.45, 7) is 8.46. The molecule has 1 N–H and O–H groups in total. The zero-order valence-corrected chi connectivity index (χ0v) is 21.7. The van der Waals surface area contributed by atoms with Crippen LogP contribution in [0.25, 0.3) is 5.69 Å². The molecule has 2 aromatic rings. The van der Waals surface area contributed by atoms with E-state index in [-0.39, 0.29) is 24.3 Å². The number of aromatic nitrogens is 4. The Hall–Kier alpha value is -3.21. The van der Waals surface area contributed by atoms with E-state index >= 15 is 0 Å². The summed E-state index contributed by atoms with van der Waals surface area (Å²) in [4.78, 5) is 42.8. The van der Waals surface area contributed by atoms with Crippen molar-refractivity contribution >= 4 is 29.5 Å². The smallest absolute Gasteiger partial charge is 0.410 e. The van der Waals surface area contributed by atoms with Gasteiger partial charge in [0.15, 0.2) is 0 Å². The second-order valence-electron chi connectivity index (χ2n) is 10.3. The van der Waals surface area contributed by atoms with Gasteiger partial charge in [0.1, 0.15) is 24.0 Å². The second kappa shape index (κ2) is 10.4. The number of carbonyl (C=O) groups excluding carboxylic acids is 3. The molecular weight excluding hydrogens is 486 g/mol. The van der Waals surface area contributed by atoms with Crippen LogP contribution in [0.1, 0.15) is 52.5 Å². The summed E-state index contributed by atoms with van der Waals surface area (Å²) < 4.78 is 7.03. The van der Waals surface area contributed by atoms with Gasteiger partial charge in [-0.05, 0) is 80.1 Å². The number of carbonyl (C=O) groups is 3. The standard InChI is InChI=1S/C24H32ClN7O4/c1-15-9-11-31(23(35)36-24(2,3)4)20(15)22(34)30-10-5-6-19(30)21(33)26-13-16-12-17(25)7-8-18(16)32-14-27-28-29-32/h7-8,12,14-15,19-20H,5-6,9-11,13H2,1-4H3,(H,26,33)/t15?,19-,20?/m0/s1. The van der Waals surface area contributed by atoms with Gasteiger partial charge >= 0.3 is 6.09 Å². The van der Waals surface area contributed by atoms with Crippen LogP contribution in [0.5, 0.6) is 0 Å². The van der Waals surface area contributed by atoms with Crippen molar-refractivity contribution in [1.82, 2.24) is 35.3 Å². The quantitative estimate of drug-likeness (QED) is 0.646. The fourth-order valence-corrected chi connectivity index (χ4v) is 5.01. The lowest BCUT2D eigenvalue weighted by atomic mass is 10.0. The Kier molecular flexibility index (Phi) is 7.49. The number of amides is 3. The van der Waals surface area contributed by atoms with Crippen LogP contribution in [-0.4, -0.2) is 78.7 Å². The third kappa shape index (κ3) is 5.61. The van der Waals surface area contributed by atoms with Crippen LogP contribution in [0.3, 0.4) is 0 Å². The Bertz CT molecular complexity index is 1120. The van der Waals surface area contributed by atoms with Gasteiger partial charge in [0.05, 0.1) is 5.69 Å². The summed E-state index contributed by atoms with van der Waals surface area (Å²) in [6, 6.07) is 3.99. The molecule has 0 aliphatic carbocycles. The number of hydrogen-bond donors (Lipinski definition) is 1. The maximum atomic E-state index is 13.6. The highest BCUT2D eigenvalue weighted by molar-refractivity contribution is 6.30. The molecule has 36 heavy (non-hydrogen) atoms. The number of nitrogens with zero attached hydrogens (tertiary/aromatic N) is 6. The molecule has 0 radical (unpaired) electrons. The average molecular weight is 518 g/mol. The number of rotatable bonds is 5. The summed E-state index contributed by atoms with van der Waals surface area (Å²) in [7, 11) is 0. The van der Waals surface area contributed by atoms with Gasteiger partial charge in [-0.25, -0.2) is 9.48 Å². The lowest BCUT2D eigenvalue weighted by Crippen LogP contribution is -2.54.